The van der Waals surface area contributed by atoms with E-state index in [1.165, 1.54) is 18.2 Å². The van der Waals surface area contributed by atoms with Crippen molar-refractivity contribution in [2.45, 2.75) is 140 Å². The summed E-state index contributed by atoms with van der Waals surface area (Å²) in [5, 5.41) is 3.21. The van der Waals surface area contributed by atoms with E-state index in [4.69, 9.17) is 4.98 Å². The summed E-state index contributed by atoms with van der Waals surface area (Å²) in [7, 11) is 0. The molecule has 258 valence electrons. The van der Waals surface area contributed by atoms with Gasteiger partial charge in [-0.25, -0.2) is 9.38 Å². The molecule has 2 heterocycles. The molecule has 2 aromatic heterocycles. The number of nitrogens with zero attached hydrogens (tertiary/aromatic N) is 4. The van der Waals surface area contributed by atoms with Crippen LogP contribution >= 0.6 is 11.8 Å². The maximum Gasteiger partial charge on any atom is 0.273 e. The summed E-state index contributed by atoms with van der Waals surface area (Å²) in [5.74, 6) is 1.81. The summed E-state index contributed by atoms with van der Waals surface area (Å²) in [6.07, 6.45) is 6.76. The molecule has 0 saturated heterocycles. The molecule has 3 rings (SSSR count). The zero-order chi connectivity index (χ0) is 34.7. The van der Waals surface area contributed by atoms with Gasteiger partial charge in [-0.1, -0.05) is 96.4 Å². The third kappa shape index (κ3) is 13.1. The molecule has 0 radical (unpaired) electrons. The molecule has 0 atom stereocenters. The number of hydrogen-bond donors (Lipinski definition) is 1. The van der Waals surface area contributed by atoms with E-state index in [-0.39, 0.29) is 11.5 Å². The van der Waals surface area contributed by atoms with Crippen LogP contribution in [0.2, 0.25) is 0 Å². The summed E-state index contributed by atoms with van der Waals surface area (Å²) < 4.78 is 3.82. The second-order valence-electron chi connectivity index (χ2n) is 12.3. The van der Waals surface area contributed by atoms with Crippen LogP contribution in [0.3, 0.4) is 0 Å². The predicted molar refractivity (Wildman–Crippen MR) is 199 cm³/mol. The molecule has 1 N–H and O–H groups in total. The molecule has 8 heteroatoms. The monoisotopic (exact) mass is 646 g/mol. The molecule has 0 spiro atoms. The van der Waals surface area contributed by atoms with E-state index in [2.05, 4.69) is 79.1 Å². The molecule has 1 amide bonds. The van der Waals surface area contributed by atoms with Gasteiger partial charge in [0.2, 0.25) is 5.78 Å². The Morgan fingerprint density at radius 2 is 1.49 bits per heavy atom. The van der Waals surface area contributed by atoms with Crippen LogP contribution in [0.15, 0.2) is 27.9 Å². The number of hydrogen-bond acceptors (Lipinski definition) is 5. The molecule has 0 fully saturated rings. The van der Waals surface area contributed by atoms with Gasteiger partial charge in [-0.2, -0.15) is 0 Å². The number of amides is 1. The summed E-state index contributed by atoms with van der Waals surface area (Å²) in [6.45, 7) is 30.9. The van der Waals surface area contributed by atoms with Crippen LogP contribution in [0.4, 0.5) is 0 Å². The van der Waals surface area contributed by atoms with Crippen molar-refractivity contribution in [1.29, 1.82) is 0 Å². The molecule has 0 saturated carbocycles. The molecule has 0 unspecified atom stereocenters. The Balaban J connectivity index is 0.00000153. The van der Waals surface area contributed by atoms with Gasteiger partial charge in [-0.3, -0.25) is 9.59 Å². The van der Waals surface area contributed by atoms with Gasteiger partial charge in [0.05, 0.1) is 21.6 Å². The first-order valence-electron chi connectivity index (χ1n) is 17.6. The van der Waals surface area contributed by atoms with Crippen molar-refractivity contribution in [2.75, 3.05) is 25.9 Å². The number of aryl methyl sites for hydroxylation is 2. The maximum absolute atomic E-state index is 13.6. The highest BCUT2D eigenvalue weighted by atomic mass is 32.2. The number of fused-ring (bicyclic) bond motifs is 3. The van der Waals surface area contributed by atoms with Crippen molar-refractivity contribution < 1.29 is 4.79 Å². The lowest BCUT2D eigenvalue weighted by atomic mass is 10.1. The number of aromatic nitrogens is 3. The number of benzene rings is 1. The van der Waals surface area contributed by atoms with Gasteiger partial charge in [0.25, 0.3) is 11.5 Å². The number of carbonyl (C=O) groups excluding carboxylic acids is 1. The number of imidazole rings is 1. The Bertz CT molecular complexity index is 1300. The number of thioether (sulfide) groups is 1. The fraction of sp³-hybridized carbons (Fsp3) is 0.703. The van der Waals surface area contributed by atoms with E-state index < -0.39 is 0 Å². The lowest BCUT2D eigenvalue weighted by Crippen LogP contribution is -2.34. The van der Waals surface area contributed by atoms with Gasteiger partial charge in [-0.05, 0) is 68.5 Å². The second-order valence-corrected chi connectivity index (χ2v) is 13.1. The standard InChI is InChI=1S/C27H40N4O2S.C5H13N.C3H8.C2H6/c1-8-14-30-23-17-20(25(32)29(15-12-18(3)4)16-13-19(5)6)10-11-22(23)31-26(33)24(34-7)21(9-2)28-27(30)31;1-4-6-5(2)3;1-3-2;1-2/h10-11,17-19H,8-9,12-16H2,1-7H3;5-6H,4H2,1-3H3;3H2,1-2H3;1-2H3. The average molecular weight is 646 g/mol. The molecule has 0 bridgehead atoms. The Kier molecular flexibility index (Phi) is 21.9. The summed E-state index contributed by atoms with van der Waals surface area (Å²) >= 11 is 1.45. The van der Waals surface area contributed by atoms with E-state index in [0.29, 0.717) is 40.5 Å². The topological polar surface area (TPSA) is 71.6 Å². The minimum Gasteiger partial charge on any atom is -0.339 e. The van der Waals surface area contributed by atoms with Crippen molar-refractivity contribution in [2.24, 2.45) is 11.8 Å². The smallest absolute Gasteiger partial charge is 0.273 e. The minimum atomic E-state index is -0.0243. The van der Waals surface area contributed by atoms with Crippen molar-refractivity contribution >= 4 is 34.5 Å². The predicted octanol–water partition coefficient (Wildman–Crippen LogP) is 9.32. The SMILES string of the molecule is CC.CCC.CCCn1c2cc(C(=O)N(CCC(C)C)CCC(C)C)ccc2n2c(=O)c(SC)c(CC)nc12.CCNC(C)C. The molecule has 3 aromatic rings. The first kappa shape index (κ1) is 42.7. The zero-order valence-electron chi connectivity index (χ0n) is 31.3. The Morgan fingerprint density at radius 3 is 1.89 bits per heavy atom. The van der Waals surface area contributed by atoms with Crippen LogP contribution in [0, 0.1) is 11.8 Å². The molecule has 45 heavy (non-hydrogen) atoms. The highest BCUT2D eigenvalue weighted by Crippen LogP contribution is 2.25. The van der Waals surface area contributed by atoms with Crippen LogP contribution in [0.5, 0.6) is 0 Å². The van der Waals surface area contributed by atoms with Crippen LogP contribution in [-0.2, 0) is 13.0 Å². The van der Waals surface area contributed by atoms with Crippen molar-refractivity contribution in [3.63, 3.8) is 0 Å². The Morgan fingerprint density at radius 1 is 0.933 bits per heavy atom. The zero-order valence-corrected chi connectivity index (χ0v) is 32.2. The molecule has 0 aliphatic rings. The number of nitrogens with one attached hydrogen (secondary N) is 1. The quantitative estimate of drug-likeness (QED) is 0.188. The molecule has 0 aliphatic heterocycles. The van der Waals surface area contributed by atoms with Crippen molar-refractivity contribution in [3.05, 3.63) is 39.8 Å². The van der Waals surface area contributed by atoms with E-state index in [1.807, 2.05) is 50.1 Å². The van der Waals surface area contributed by atoms with Crippen LogP contribution < -0.4 is 10.9 Å². The van der Waals surface area contributed by atoms with Gasteiger partial charge >= 0.3 is 0 Å². The summed E-state index contributed by atoms with van der Waals surface area (Å²) in [4.78, 5) is 34.6. The van der Waals surface area contributed by atoms with E-state index in [9.17, 15) is 9.59 Å². The third-order valence-corrected chi connectivity index (χ3v) is 7.75. The van der Waals surface area contributed by atoms with E-state index in [1.54, 1.807) is 4.40 Å². The van der Waals surface area contributed by atoms with Crippen LogP contribution in [-0.4, -0.2) is 56.7 Å². The molecule has 1 aromatic carbocycles. The fourth-order valence-corrected chi connectivity index (χ4v) is 5.42. The molecule has 0 aliphatic carbocycles. The molecular weight excluding hydrogens is 579 g/mol. The van der Waals surface area contributed by atoms with E-state index >= 15 is 0 Å². The largest absolute Gasteiger partial charge is 0.339 e. The van der Waals surface area contributed by atoms with Crippen LogP contribution in [0.1, 0.15) is 132 Å². The first-order valence-corrected chi connectivity index (χ1v) is 18.8. The van der Waals surface area contributed by atoms with Crippen molar-refractivity contribution in [3.8, 4) is 0 Å². The third-order valence-electron chi connectivity index (χ3n) is 6.93. The lowest BCUT2D eigenvalue weighted by molar-refractivity contribution is 0.0741. The fourth-order valence-electron chi connectivity index (χ4n) is 4.73. The highest BCUT2D eigenvalue weighted by molar-refractivity contribution is 7.98. The normalized spacial score (nSPS) is 10.9. The van der Waals surface area contributed by atoms with Gasteiger partial charge in [0.1, 0.15) is 0 Å². The van der Waals surface area contributed by atoms with Gasteiger partial charge in [-0.15, -0.1) is 11.8 Å². The maximum atomic E-state index is 13.6. The van der Waals surface area contributed by atoms with Crippen LogP contribution in [0.25, 0.3) is 16.8 Å². The first-order chi connectivity index (χ1) is 21.4. The van der Waals surface area contributed by atoms with Gasteiger partial charge in [0.15, 0.2) is 0 Å². The van der Waals surface area contributed by atoms with Gasteiger partial charge < -0.3 is 14.8 Å². The molecule has 7 nitrogen and oxygen atoms in total. The summed E-state index contributed by atoms with van der Waals surface area (Å²) in [5.41, 5.74) is 3.19. The Labute approximate surface area is 280 Å². The van der Waals surface area contributed by atoms with E-state index in [0.717, 1.165) is 62.2 Å². The minimum absolute atomic E-state index is 0.0243. The highest BCUT2D eigenvalue weighted by Gasteiger charge is 2.22. The lowest BCUT2D eigenvalue weighted by Gasteiger charge is -2.24. The van der Waals surface area contributed by atoms with Gasteiger partial charge in [0, 0.05) is 31.2 Å². The Hall–Kier alpha value is -2.32. The molecular formula is C37H67N5O2S. The average Bonchev–Trinajstić information content (AvgIpc) is 3.31. The van der Waals surface area contributed by atoms with Crippen molar-refractivity contribution in [1.82, 2.24) is 24.2 Å². The number of rotatable bonds is 13. The summed E-state index contributed by atoms with van der Waals surface area (Å²) in [6, 6.07) is 6.40. The number of carbonyl (C=O) groups is 1. The second kappa shape index (κ2) is 23.1.